The minimum atomic E-state index is -1.22. The summed E-state index contributed by atoms with van der Waals surface area (Å²) in [5.41, 5.74) is 1.71. The Hall–Kier alpha value is -2.64. The molecule has 2 aromatic rings. The highest BCUT2D eigenvalue weighted by Crippen LogP contribution is 2.13. The van der Waals surface area contributed by atoms with Crippen LogP contribution in [0.15, 0.2) is 12.4 Å². The number of hydrogen-bond acceptors (Lipinski definition) is 4. The zero-order chi connectivity index (χ0) is 15.7. The molecule has 0 aliphatic rings. The number of rotatable bonds is 4. The Morgan fingerprint density at radius 2 is 2.05 bits per heavy atom. The lowest BCUT2D eigenvalue weighted by molar-refractivity contribution is 0.0674. The molecule has 0 atom stereocenters. The minimum Gasteiger partial charge on any atom is -0.476 e. The van der Waals surface area contributed by atoms with Crippen LogP contribution in [0, 0.1) is 6.92 Å². The van der Waals surface area contributed by atoms with Crippen molar-refractivity contribution >= 4 is 11.9 Å². The van der Waals surface area contributed by atoms with Crippen molar-refractivity contribution < 1.29 is 14.7 Å². The van der Waals surface area contributed by atoms with Crippen LogP contribution < -0.4 is 0 Å². The van der Waals surface area contributed by atoms with Crippen LogP contribution in [0.25, 0.3) is 0 Å². The molecule has 112 valence electrons. The molecule has 2 rings (SSSR count). The van der Waals surface area contributed by atoms with Gasteiger partial charge in [0.15, 0.2) is 5.69 Å². The number of carbonyl (C=O) groups is 2. The predicted molar refractivity (Wildman–Crippen MR) is 73.9 cm³/mol. The van der Waals surface area contributed by atoms with E-state index in [4.69, 9.17) is 5.11 Å². The fraction of sp³-hybridized carbons (Fsp3) is 0.385. The summed E-state index contributed by atoms with van der Waals surface area (Å²) in [5, 5.41) is 17.0. The maximum absolute atomic E-state index is 12.4. The van der Waals surface area contributed by atoms with Gasteiger partial charge in [0, 0.05) is 45.1 Å². The van der Waals surface area contributed by atoms with E-state index >= 15 is 0 Å². The maximum Gasteiger partial charge on any atom is 0.357 e. The van der Waals surface area contributed by atoms with E-state index in [9.17, 15) is 9.59 Å². The molecule has 0 radical (unpaired) electrons. The van der Waals surface area contributed by atoms with E-state index in [1.807, 2.05) is 14.0 Å². The fourth-order valence-corrected chi connectivity index (χ4v) is 2.04. The molecule has 1 N–H and O–H groups in total. The minimum absolute atomic E-state index is 0.0778. The number of carboxylic acid groups (broad SMARTS) is 1. The molecular formula is C13H17N5O3. The van der Waals surface area contributed by atoms with E-state index in [0.29, 0.717) is 6.54 Å². The largest absolute Gasteiger partial charge is 0.476 e. The third-order valence-corrected chi connectivity index (χ3v) is 3.35. The molecule has 8 nitrogen and oxygen atoms in total. The van der Waals surface area contributed by atoms with Gasteiger partial charge in [-0.3, -0.25) is 14.2 Å². The summed E-state index contributed by atoms with van der Waals surface area (Å²) in [6.07, 6.45) is 3.11. The number of amides is 1. The Morgan fingerprint density at radius 1 is 1.38 bits per heavy atom. The molecule has 2 aromatic heterocycles. The van der Waals surface area contributed by atoms with Crippen molar-refractivity contribution in [2.24, 2.45) is 14.1 Å². The standard InChI is InChI=1S/C13H17N5O3/c1-8-9(5-14-18(8)4)6-16(2)12(19)10-7-17(3)15-11(10)13(20)21/h5,7H,6H2,1-4H3,(H,20,21). The van der Waals surface area contributed by atoms with E-state index in [-0.39, 0.29) is 17.2 Å². The van der Waals surface area contributed by atoms with Gasteiger partial charge < -0.3 is 10.0 Å². The van der Waals surface area contributed by atoms with Crippen molar-refractivity contribution in [2.45, 2.75) is 13.5 Å². The molecule has 8 heteroatoms. The average Bonchev–Trinajstić information content (AvgIpc) is 2.95. The van der Waals surface area contributed by atoms with Crippen LogP contribution in [0.1, 0.15) is 32.1 Å². The Balaban J connectivity index is 2.24. The van der Waals surface area contributed by atoms with Crippen LogP contribution in [0.5, 0.6) is 0 Å². The lowest BCUT2D eigenvalue weighted by Gasteiger charge is -2.16. The van der Waals surface area contributed by atoms with Crippen molar-refractivity contribution in [3.05, 3.63) is 34.9 Å². The number of aromatic nitrogens is 4. The molecule has 21 heavy (non-hydrogen) atoms. The normalized spacial score (nSPS) is 10.7. The van der Waals surface area contributed by atoms with Crippen LogP contribution in [0.3, 0.4) is 0 Å². The van der Waals surface area contributed by atoms with Gasteiger partial charge in [0.1, 0.15) is 0 Å². The first-order valence-electron chi connectivity index (χ1n) is 6.31. The SMILES string of the molecule is Cc1c(CN(C)C(=O)c2cn(C)nc2C(=O)O)cnn1C. The highest BCUT2D eigenvalue weighted by molar-refractivity contribution is 6.03. The van der Waals surface area contributed by atoms with E-state index < -0.39 is 5.97 Å². The molecule has 0 bridgehead atoms. The summed E-state index contributed by atoms with van der Waals surface area (Å²) in [7, 11) is 5.02. The van der Waals surface area contributed by atoms with Gasteiger partial charge in [-0.05, 0) is 6.92 Å². The first-order chi connectivity index (χ1) is 9.81. The number of carbonyl (C=O) groups excluding carboxylic acids is 1. The molecule has 2 heterocycles. The zero-order valence-corrected chi connectivity index (χ0v) is 12.4. The number of hydrogen-bond donors (Lipinski definition) is 1. The van der Waals surface area contributed by atoms with Crippen molar-refractivity contribution in [3.63, 3.8) is 0 Å². The summed E-state index contributed by atoms with van der Waals surface area (Å²) >= 11 is 0. The molecule has 0 aliphatic heterocycles. The third kappa shape index (κ3) is 2.78. The molecule has 0 aromatic carbocycles. The van der Waals surface area contributed by atoms with E-state index in [1.54, 1.807) is 25.0 Å². The second kappa shape index (κ2) is 5.39. The zero-order valence-electron chi connectivity index (χ0n) is 12.4. The van der Waals surface area contributed by atoms with Crippen molar-refractivity contribution in [1.82, 2.24) is 24.5 Å². The number of aromatic carboxylic acids is 1. The van der Waals surface area contributed by atoms with E-state index in [1.165, 1.54) is 15.8 Å². The topological polar surface area (TPSA) is 93.2 Å². The first-order valence-corrected chi connectivity index (χ1v) is 6.31. The lowest BCUT2D eigenvalue weighted by Crippen LogP contribution is -2.27. The summed E-state index contributed by atoms with van der Waals surface area (Å²) in [4.78, 5) is 25.0. The Labute approximate surface area is 121 Å². The van der Waals surface area contributed by atoms with Crippen molar-refractivity contribution in [2.75, 3.05) is 7.05 Å². The smallest absolute Gasteiger partial charge is 0.357 e. The van der Waals surface area contributed by atoms with Crippen LogP contribution in [0.4, 0.5) is 0 Å². The van der Waals surface area contributed by atoms with Gasteiger partial charge in [-0.2, -0.15) is 10.2 Å². The highest BCUT2D eigenvalue weighted by Gasteiger charge is 2.24. The molecule has 0 saturated heterocycles. The maximum atomic E-state index is 12.4. The fourth-order valence-electron chi connectivity index (χ4n) is 2.04. The predicted octanol–water partition coefficient (Wildman–Crippen LogP) is 0.432. The van der Waals surface area contributed by atoms with E-state index in [2.05, 4.69) is 10.2 Å². The van der Waals surface area contributed by atoms with Gasteiger partial charge in [0.05, 0.1) is 11.8 Å². The van der Waals surface area contributed by atoms with Crippen LogP contribution in [0.2, 0.25) is 0 Å². The molecule has 0 spiro atoms. The molecular weight excluding hydrogens is 274 g/mol. The quantitative estimate of drug-likeness (QED) is 0.882. The third-order valence-electron chi connectivity index (χ3n) is 3.35. The van der Waals surface area contributed by atoms with Crippen molar-refractivity contribution in [3.8, 4) is 0 Å². The van der Waals surface area contributed by atoms with Gasteiger partial charge in [0.2, 0.25) is 0 Å². The van der Waals surface area contributed by atoms with Gasteiger partial charge in [-0.25, -0.2) is 4.79 Å². The lowest BCUT2D eigenvalue weighted by atomic mass is 10.2. The highest BCUT2D eigenvalue weighted by atomic mass is 16.4. The summed E-state index contributed by atoms with van der Waals surface area (Å²) < 4.78 is 3.04. The van der Waals surface area contributed by atoms with E-state index in [0.717, 1.165) is 11.3 Å². The van der Waals surface area contributed by atoms with Gasteiger partial charge in [-0.15, -0.1) is 0 Å². The Kier molecular flexibility index (Phi) is 3.79. The van der Waals surface area contributed by atoms with Crippen LogP contribution in [-0.2, 0) is 20.6 Å². The molecule has 0 saturated carbocycles. The summed E-state index contributed by atoms with van der Waals surface area (Å²) in [6, 6.07) is 0. The van der Waals surface area contributed by atoms with Crippen LogP contribution >= 0.6 is 0 Å². The Bertz CT molecular complexity index is 701. The molecule has 0 fully saturated rings. The average molecular weight is 291 g/mol. The number of carboxylic acids is 1. The summed E-state index contributed by atoms with van der Waals surface area (Å²) in [6.45, 7) is 2.26. The van der Waals surface area contributed by atoms with Crippen molar-refractivity contribution in [1.29, 1.82) is 0 Å². The summed E-state index contributed by atoms with van der Waals surface area (Å²) in [5.74, 6) is -1.60. The monoisotopic (exact) mass is 291 g/mol. The van der Waals surface area contributed by atoms with Crippen LogP contribution in [-0.4, -0.2) is 48.5 Å². The van der Waals surface area contributed by atoms with Gasteiger partial charge in [0.25, 0.3) is 5.91 Å². The first kappa shape index (κ1) is 14.8. The number of aryl methyl sites for hydroxylation is 2. The molecule has 1 amide bonds. The molecule has 0 aliphatic carbocycles. The Morgan fingerprint density at radius 3 is 2.57 bits per heavy atom. The van der Waals surface area contributed by atoms with Gasteiger partial charge in [-0.1, -0.05) is 0 Å². The second-order valence-corrected chi connectivity index (χ2v) is 4.91. The molecule has 0 unspecified atom stereocenters. The van der Waals surface area contributed by atoms with Gasteiger partial charge >= 0.3 is 5.97 Å². The second-order valence-electron chi connectivity index (χ2n) is 4.91. The number of nitrogens with zero attached hydrogens (tertiary/aromatic N) is 5.